The number of nitrogens with zero attached hydrogens (tertiary/aromatic N) is 2. The van der Waals surface area contributed by atoms with Crippen molar-refractivity contribution in [1.82, 2.24) is 9.78 Å². The molecule has 0 bridgehead atoms. The Balaban J connectivity index is 2.80. The molecule has 3 nitrogen and oxygen atoms in total. The maximum atomic E-state index is 9.00. The SMILES string of the molecule is CCc1nn(CC)c(CSC(C)CO)c1Br. The lowest BCUT2D eigenvalue weighted by atomic mass is 10.3. The first-order chi connectivity index (χ1) is 7.63. The van der Waals surface area contributed by atoms with Crippen LogP contribution in [0.5, 0.6) is 0 Å². The van der Waals surface area contributed by atoms with E-state index in [0.717, 1.165) is 28.9 Å². The summed E-state index contributed by atoms with van der Waals surface area (Å²) in [4.78, 5) is 0. The molecule has 0 fully saturated rings. The second-order valence-electron chi connectivity index (χ2n) is 3.68. The van der Waals surface area contributed by atoms with Gasteiger partial charge in [-0.1, -0.05) is 13.8 Å². The van der Waals surface area contributed by atoms with Crippen LogP contribution in [0.1, 0.15) is 32.2 Å². The summed E-state index contributed by atoms with van der Waals surface area (Å²) in [5.41, 5.74) is 2.35. The lowest BCUT2D eigenvalue weighted by molar-refractivity contribution is 0.300. The molecule has 5 heteroatoms. The van der Waals surface area contributed by atoms with Gasteiger partial charge in [-0.05, 0) is 29.3 Å². The van der Waals surface area contributed by atoms with Gasteiger partial charge in [0.15, 0.2) is 0 Å². The van der Waals surface area contributed by atoms with Crippen molar-refractivity contribution in [2.75, 3.05) is 6.61 Å². The minimum absolute atomic E-state index is 0.225. The van der Waals surface area contributed by atoms with Crippen LogP contribution in [-0.2, 0) is 18.7 Å². The Morgan fingerprint density at radius 2 is 2.19 bits per heavy atom. The van der Waals surface area contributed by atoms with Gasteiger partial charge in [0, 0.05) is 17.5 Å². The van der Waals surface area contributed by atoms with E-state index in [9.17, 15) is 0 Å². The normalized spacial score (nSPS) is 13.1. The summed E-state index contributed by atoms with van der Waals surface area (Å²) in [5.74, 6) is 0.892. The van der Waals surface area contributed by atoms with Gasteiger partial charge in [-0.25, -0.2) is 0 Å². The van der Waals surface area contributed by atoms with Crippen molar-refractivity contribution >= 4 is 27.7 Å². The summed E-state index contributed by atoms with van der Waals surface area (Å²) < 4.78 is 3.18. The van der Waals surface area contributed by atoms with Gasteiger partial charge >= 0.3 is 0 Å². The molecule has 0 radical (unpaired) electrons. The highest BCUT2D eigenvalue weighted by Crippen LogP contribution is 2.27. The van der Waals surface area contributed by atoms with E-state index in [4.69, 9.17) is 5.11 Å². The standard InChI is InChI=1S/C11H19BrN2OS/c1-4-9-11(12)10(14(5-2)13-9)7-16-8(3)6-15/h8,15H,4-7H2,1-3H3. The molecule has 1 unspecified atom stereocenters. The zero-order valence-electron chi connectivity index (χ0n) is 10.0. The Labute approximate surface area is 110 Å². The van der Waals surface area contributed by atoms with Gasteiger partial charge < -0.3 is 5.11 Å². The molecule has 0 spiro atoms. The molecule has 1 aromatic rings. The van der Waals surface area contributed by atoms with E-state index in [1.54, 1.807) is 11.8 Å². The van der Waals surface area contributed by atoms with Crippen LogP contribution in [-0.4, -0.2) is 26.7 Å². The first-order valence-electron chi connectivity index (χ1n) is 5.60. The van der Waals surface area contributed by atoms with Crippen LogP contribution in [0.15, 0.2) is 4.47 Å². The van der Waals surface area contributed by atoms with E-state index < -0.39 is 0 Å². The molecular weight excluding hydrogens is 288 g/mol. The topological polar surface area (TPSA) is 38.0 Å². The van der Waals surface area contributed by atoms with E-state index in [-0.39, 0.29) is 11.9 Å². The van der Waals surface area contributed by atoms with Crippen molar-refractivity contribution in [1.29, 1.82) is 0 Å². The number of aliphatic hydroxyl groups is 1. The molecule has 1 rings (SSSR count). The van der Waals surface area contributed by atoms with Crippen molar-refractivity contribution in [2.45, 2.75) is 44.7 Å². The third-order valence-corrected chi connectivity index (χ3v) is 4.53. The van der Waals surface area contributed by atoms with Crippen molar-refractivity contribution in [2.24, 2.45) is 0 Å². The molecule has 1 heterocycles. The second kappa shape index (κ2) is 6.67. The van der Waals surface area contributed by atoms with Gasteiger partial charge in [-0.3, -0.25) is 4.68 Å². The average Bonchev–Trinajstić information content (AvgIpc) is 2.62. The predicted molar refractivity (Wildman–Crippen MR) is 72.8 cm³/mol. The van der Waals surface area contributed by atoms with E-state index in [2.05, 4.69) is 34.9 Å². The third kappa shape index (κ3) is 3.25. The quantitative estimate of drug-likeness (QED) is 0.878. The van der Waals surface area contributed by atoms with Crippen molar-refractivity contribution in [3.05, 3.63) is 15.9 Å². The van der Waals surface area contributed by atoms with Crippen molar-refractivity contribution in [3.63, 3.8) is 0 Å². The van der Waals surface area contributed by atoms with Gasteiger partial charge in [0.05, 0.1) is 22.5 Å². The Bertz CT molecular complexity index is 341. The molecule has 0 amide bonds. The Morgan fingerprint density at radius 3 is 2.69 bits per heavy atom. The van der Waals surface area contributed by atoms with Crippen molar-refractivity contribution in [3.8, 4) is 0 Å². The third-order valence-electron chi connectivity index (χ3n) is 2.46. The number of rotatable bonds is 6. The Hall–Kier alpha value is -0.0000000000000000555. The first-order valence-corrected chi connectivity index (χ1v) is 7.44. The highest BCUT2D eigenvalue weighted by Gasteiger charge is 2.14. The van der Waals surface area contributed by atoms with E-state index in [1.165, 1.54) is 5.69 Å². The zero-order chi connectivity index (χ0) is 12.1. The summed E-state index contributed by atoms with van der Waals surface area (Å²) in [7, 11) is 0. The average molecular weight is 307 g/mol. The Morgan fingerprint density at radius 1 is 1.50 bits per heavy atom. The molecule has 0 aromatic carbocycles. The number of thioether (sulfide) groups is 1. The number of halogens is 1. The van der Waals surface area contributed by atoms with Gasteiger partial charge in [-0.15, -0.1) is 0 Å². The highest BCUT2D eigenvalue weighted by molar-refractivity contribution is 9.10. The smallest absolute Gasteiger partial charge is 0.0767 e. The fourth-order valence-corrected chi connectivity index (χ4v) is 3.16. The molecule has 0 aliphatic heterocycles. The van der Waals surface area contributed by atoms with Crippen LogP contribution in [0.2, 0.25) is 0 Å². The van der Waals surface area contributed by atoms with Gasteiger partial charge in [0.25, 0.3) is 0 Å². The fourth-order valence-electron chi connectivity index (χ4n) is 1.43. The van der Waals surface area contributed by atoms with Crippen molar-refractivity contribution < 1.29 is 5.11 Å². The summed E-state index contributed by atoms with van der Waals surface area (Å²) in [6.07, 6.45) is 0.945. The van der Waals surface area contributed by atoms with Gasteiger partial charge in [0.2, 0.25) is 0 Å². The summed E-state index contributed by atoms with van der Waals surface area (Å²) in [6.45, 7) is 7.36. The summed E-state index contributed by atoms with van der Waals surface area (Å²) in [6, 6.07) is 0. The van der Waals surface area contributed by atoms with Crippen LogP contribution >= 0.6 is 27.7 Å². The van der Waals surface area contributed by atoms with E-state index in [1.807, 2.05) is 11.6 Å². The monoisotopic (exact) mass is 306 g/mol. The largest absolute Gasteiger partial charge is 0.395 e. The first kappa shape index (κ1) is 14.1. The molecule has 1 aromatic heterocycles. The van der Waals surface area contributed by atoms with Gasteiger partial charge in [0.1, 0.15) is 0 Å². The lowest BCUT2D eigenvalue weighted by Gasteiger charge is -2.09. The van der Waals surface area contributed by atoms with E-state index in [0.29, 0.717) is 0 Å². The van der Waals surface area contributed by atoms with Crippen LogP contribution in [0.3, 0.4) is 0 Å². The summed E-state index contributed by atoms with van der Waals surface area (Å²) >= 11 is 5.37. The molecule has 16 heavy (non-hydrogen) atoms. The van der Waals surface area contributed by atoms with Crippen LogP contribution in [0.4, 0.5) is 0 Å². The minimum Gasteiger partial charge on any atom is -0.395 e. The number of hydrogen-bond acceptors (Lipinski definition) is 3. The molecule has 0 saturated heterocycles. The molecule has 0 aliphatic carbocycles. The zero-order valence-corrected chi connectivity index (χ0v) is 12.4. The molecular formula is C11H19BrN2OS. The predicted octanol–water partition coefficient (Wildman–Crippen LogP) is 2.84. The molecule has 1 atom stereocenters. The second-order valence-corrected chi connectivity index (χ2v) is 5.90. The maximum absolute atomic E-state index is 9.00. The minimum atomic E-state index is 0.225. The maximum Gasteiger partial charge on any atom is 0.0767 e. The molecule has 92 valence electrons. The van der Waals surface area contributed by atoms with E-state index >= 15 is 0 Å². The number of hydrogen-bond donors (Lipinski definition) is 1. The molecule has 0 saturated carbocycles. The molecule has 1 N–H and O–H groups in total. The lowest BCUT2D eigenvalue weighted by Crippen LogP contribution is -2.06. The van der Waals surface area contributed by atoms with Crippen LogP contribution in [0.25, 0.3) is 0 Å². The number of aromatic nitrogens is 2. The highest BCUT2D eigenvalue weighted by atomic mass is 79.9. The summed E-state index contributed by atoms with van der Waals surface area (Å²) in [5, 5.41) is 13.8. The van der Waals surface area contributed by atoms with Crippen LogP contribution in [0, 0.1) is 0 Å². The fraction of sp³-hybridized carbons (Fsp3) is 0.727. The Kier molecular flexibility index (Phi) is 5.86. The number of aliphatic hydroxyl groups excluding tert-OH is 1. The number of aryl methyl sites for hydroxylation is 2. The van der Waals surface area contributed by atoms with Crippen LogP contribution < -0.4 is 0 Å². The molecule has 0 aliphatic rings. The van der Waals surface area contributed by atoms with Gasteiger partial charge in [-0.2, -0.15) is 16.9 Å².